The summed E-state index contributed by atoms with van der Waals surface area (Å²) in [6, 6.07) is 18.4. The van der Waals surface area contributed by atoms with Gasteiger partial charge >= 0.3 is 0 Å². The van der Waals surface area contributed by atoms with Crippen molar-refractivity contribution in [3.05, 3.63) is 70.2 Å². The highest BCUT2D eigenvalue weighted by Crippen LogP contribution is 2.30. The maximum atomic E-state index is 9.54. The van der Waals surface area contributed by atoms with Crippen LogP contribution in [-0.2, 0) is 6.42 Å². The van der Waals surface area contributed by atoms with E-state index in [1.807, 2.05) is 42.5 Å². The van der Waals surface area contributed by atoms with Crippen LogP contribution in [0.4, 0.5) is 0 Å². The Hall–Kier alpha value is -1.78. The molecular weight excluding hydrogens is 302 g/mol. The highest BCUT2D eigenvalue weighted by atomic mass is 35.5. The molecule has 1 atom stereocenters. The molecule has 0 aliphatic rings. The first-order valence-corrected chi connectivity index (χ1v) is 8.87. The van der Waals surface area contributed by atoms with Crippen molar-refractivity contribution in [2.75, 3.05) is 0 Å². The molecule has 1 unspecified atom stereocenters. The highest BCUT2D eigenvalue weighted by molar-refractivity contribution is 6.31. The van der Waals surface area contributed by atoms with Crippen molar-refractivity contribution in [3.8, 4) is 6.07 Å². The molecule has 0 aromatic heterocycles. The minimum Gasteiger partial charge on any atom is -0.197 e. The van der Waals surface area contributed by atoms with Crippen LogP contribution >= 0.6 is 11.6 Å². The molecule has 0 saturated carbocycles. The van der Waals surface area contributed by atoms with Crippen LogP contribution in [0.5, 0.6) is 0 Å². The quantitative estimate of drug-likeness (QED) is 0.507. The Morgan fingerprint density at radius 2 is 1.74 bits per heavy atom. The molecule has 2 aromatic carbocycles. The van der Waals surface area contributed by atoms with Gasteiger partial charge in [-0.3, -0.25) is 0 Å². The zero-order valence-electron chi connectivity index (χ0n) is 13.8. The first-order chi connectivity index (χ1) is 11.3. The van der Waals surface area contributed by atoms with E-state index in [4.69, 9.17) is 11.6 Å². The Morgan fingerprint density at radius 1 is 1.00 bits per heavy atom. The lowest BCUT2D eigenvalue weighted by Gasteiger charge is -2.13. The fourth-order valence-corrected chi connectivity index (χ4v) is 3.17. The molecule has 2 aromatic rings. The molecule has 2 rings (SSSR count). The van der Waals surface area contributed by atoms with Crippen LogP contribution in [0.2, 0.25) is 5.02 Å². The number of aryl methyl sites for hydroxylation is 1. The van der Waals surface area contributed by atoms with E-state index in [1.165, 1.54) is 37.7 Å². The number of hydrogen-bond acceptors (Lipinski definition) is 1. The average molecular weight is 326 g/mol. The number of halogens is 1. The largest absolute Gasteiger partial charge is 0.197 e. The van der Waals surface area contributed by atoms with Gasteiger partial charge in [-0.25, -0.2) is 0 Å². The number of nitriles is 1. The molecule has 0 spiro atoms. The summed E-state index contributed by atoms with van der Waals surface area (Å²) in [5, 5.41) is 10.2. The van der Waals surface area contributed by atoms with Gasteiger partial charge in [-0.2, -0.15) is 5.26 Å². The third kappa shape index (κ3) is 5.12. The molecule has 120 valence electrons. The fraction of sp³-hybridized carbons (Fsp3) is 0.381. The molecule has 0 radical (unpaired) electrons. The lowest BCUT2D eigenvalue weighted by atomic mass is 9.91. The van der Waals surface area contributed by atoms with Gasteiger partial charge in [0.1, 0.15) is 0 Å². The first-order valence-electron chi connectivity index (χ1n) is 8.49. The van der Waals surface area contributed by atoms with E-state index >= 15 is 0 Å². The second-order valence-electron chi connectivity index (χ2n) is 5.99. The maximum absolute atomic E-state index is 9.54. The molecule has 0 fully saturated rings. The standard InChI is InChI=1S/C21H24ClN/c1-2-3-4-5-7-10-17-13-14-19(21(22)15-17)20(16-23)18-11-8-6-9-12-18/h6,8-9,11-15,20H,2-5,7,10H2,1H3. The smallest absolute Gasteiger partial charge is 0.0977 e. The maximum Gasteiger partial charge on any atom is 0.0977 e. The van der Waals surface area contributed by atoms with Crippen LogP contribution in [0.15, 0.2) is 48.5 Å². The van der Waals surface area contributed by atoms with Gasteiger partial charge in [0.25, 0.3) is 0 Å². The monoisotopic (exact) mass is 325 g/mol. The SMILES string of the molecule is CCCCCCCc1ccc(C(C#N)c2ccccc2)c(Cl)c1. The van der Waals surface area contributed by atoms with Crippen molar-refractivity contribution in [1.29, 1.82) is 5.26 Å². The van der Waals surface area contributed by atoms with E-state index in [0.717, 1.165) is 17.5 Å². The zero-order chi connectivity index (χ0) is 16.5. The molecule has 0 aliphatic carbocycles. The molecule has 0 aliphatic heterocycles. The van der Waals surface area contributed by atoms with E-state index < -0.39 is 0 Å². The van der Waals surface area contributed by atoms with Crippen LogP contribution in [0.25, 0.3) is 0 Å². The summed E-state index contributed by atoms with van der Waals surface area (Å²) in [7, 11) is 0. The van der Waals surface area contributed by atoms with E-state index in [9.17, 15) is 5.26 Å². The van der Waals surface area contributed by atoms with Crippen LogP contribution in [0, 0.1) is 11.3 Å². The topological polar surface area (TPSA) is 23.8 Å². The average Bonchev–Trinajstić information content (AvgIpc) is 2.58. The third-order valence-electron chi connectivity index (χ3n) is 4.21. The summed E-state index contributed by atoms with van der Waals surface area (Å²) < 4.78 is 0. The third-order valence-corrected chi connectivity index (χ3v) is 4.53. The van der Waals surface area contributed by atoms with Gasteiger partial charge in [-0.15, -0.1) is 0 Å². The summed E-state index contributed by atoms with van der Waals surface area (Å²) in [6.45, 7) is 2.23. The summed E-state index contributed by atoms with van der Waals surface area (Å²) in [6.07, 6.45) is 7.45. The van der Waals surface area contributed by atoms with E-state index in [1.54, 1.807) is 0 Å². The first kappa shape index (κ1) is 17.6. The molecule has 0 N–H and O–H groups in total. The number of hydrogen-bond donors (Lipinski definition) is 0. The molecule has 0 saturated heterocycles. The van der Waals surface area contributed by atoms with Crippen LogP contribution in [0.1, 0.15) is 61.6 Å². The van der Waals surface area contributed by atoms with E-state index in [-0.39, 0.29) is 5.92 Å². The van der Waals surface area contributed by atoms with Crippen LogP contribution in [-0.4, -0.2) is 0 Å². The lowest BCUT2D eigenvalue weighted by molar-refractivity contribution is 0.632. The summed E-state index contributed by atoms with van der Waals surface area (Å²) in [4.78, 5) is 0. The van der Waals surface area contributed by atoms with Gasteiger partial charge < -0.3 is 0 Å². The Kier molecular flexibility index (Phi) is 7.17. The number of nitrogens with zero attached hydrogens (tertiary/aromatic N) is 1. The Labute approximate surface area is 144 Å². The van der Waals surface area contributed by atoms with Crippen molar-refractivity contribution in [2.24, 2.45) is 0 Å². The molecule has 23 heavy (non-hydrogen) atoms. The summed E-state index contributed by atoms with van der Waals surface area (Å²) in [5.41, 5.74) is 3.15. The molecule has 0 bridgehead atoms. The number of benzene rings is 2. The van der Waals surface area contributed by atoms with Crippen molar-refractivity contribution in [2.45, 2.75) is 51.4 Å². The van der Waals surface area contributed by atoms with Crippen LogP contribution in [0.3, 0.4) is 0 Å². The number of rotatable bonds is 8. The number of unbranched alkanes of at least 4 members (excludes halogenated alkanes) is 4. The molecular formula is C21H24ClN. The van der Waals surface area contributed by atoms with Gasteiger partial charge in [0.05, 0.1) is 12.0 Å². The van der Waals surface area contributed by atoms with Gasteiger partial charge in [0, 0.05) is 5.02 Å². The second kappa shape index (κ2) is 9.38. The normalized spacial score (nSPS) is 11.9. The van der Waals surface area contributed by atoms with Crippen molar-refractivity contribution < 1.29 is 0 Å². The van der Waals surface area contributed by atoms with Crippen LogP contribution < -0.4 is 0 Å². The predicted molar refractivity (Wildman–Crippen MR) is 97.8 cm³/mol. The summed E-state index contributed by atoms with van der Waals surface area (Å²) >= 11 is 6.46. The molecule has 0 heterocycles. The highest BCUT2D eigenvalue weighted by Gasteiger charge is 2.16. The van der Waals surface area contributed by atoms with E-state index in [0.29, 0.717) is 5.02 Å². The van der Waals surface area contributed by atoms with Gasteiger partial charge in [0.15, 0.2) is 0 Å². The predicted octanol–water partition coefficient (Wildman–Crippen LogP) is 6.51. The van der Waals surface area contributed by atoms with Crippen molar-refractivity contribution in [1.82, 2.24) is 0 Å². The van der Waals surface area contributed by atoms with Crippen molar-refractivity contribution >= 4 is 11.6 Å². The van der Waals surface area contributed by atoms with Gasteiger partial charge in [-0.1, -0.05) is 86.7 Å². The summed E-state index contributed by atoms with van der Waals surface area (Å²) in [5.74, 6) is -0.303. The second-order valence-corrected chi connectivity index (χ2v) is 6.40. The van der Waals surface area contributed by atoms with Crippen molar-refractivity contribution in [3.63, 3.8) is 0 Å². The molecule has 0 amide bonds. The minimum absolute atomic E-state index is 0.303. The van der Waals surface area contributed by atoms with E-state index in [2.05, 4.69) is 19.1 Å². The zero-order valence-corrected chi connectivity index (χ0v) is 14.5. The van der Waals surface area contributed by atoms with Gasteiger partial charge in [-0.05, 0) is 35.6 Å². The molecule has 1 nitrogen and oxygen atoms in total. The Balaban J connectivity index is 2.05. The Bertz CT molecular complexity index is 643. The molecule has 2 heteroatoms. The minimum atomic E-state index is -0.303. The fourth-order valence-electron chi connectivity index (χ4n) is 2.86. The Morgan fingerprint density at radius 3 is 2.39 bits per heavy atom. The van der Waals surface area contributed by atoms with Gasteiger partial charge in [0.2, 0.25) is 0 Å². The lowest BCUT2D eigenvalue weighted by Crippen LogP contribution is -2.00.